The zero-order valence-corrected chi connectivity index (χ0v) is 23.0. The average molecular weight is 550 g/mol. The quantitative estimate of drug-likeness (QED) is 0.219. The third-order valence-corrected chi connectivity index (χ3v) is 7.47. The summed E-state index contributed by atoms with van der Waals surface area (Å²) in [6, 6.07) is 31.3. The molecule has 0 fully saturated rings. The van der Waals surface area contributed by atoms with Crippen LogP contribution in [0.4, 0.5) is 0 Å². The van der Waals surface area contributed by atoms with Gasteiger partial charge in [0.15, 0.2) is 0 Å². The van der Waals surface area contributed by atoms with Crippen molar-refractivity contribution >= 4 is 17.5 Å². The van der Waals surface area contributed by atoms with E-state index in [9.17, 15) is 4.79 Å². The van der Waals surface area contributed by atoms with Crippen LogP contribution < -0.4 is 9.47 Å². The summed E-state index contributed by atoms with van der Waals surface area (Å²) in [7, 11) is 1.64. The lowest BCUT2D eigenvalue weighted by Gasteiger charge is -2.27. The first kappa shape index (κ1) is 25.7. The second-order valence-corrected chi connectivity index (χ2v) is 10.3. The fraction of sp³-hybridized carbons (Fsp3) is 0.152. The van der Waals surface area contributed by atoms with Crippen LogP contribution in [-0.2, 0) is 13.2 Å². The number of aromatic amines is 1. The van der Waals surface area contributed by atoms with Crippen molar-refractivity contribution in [2.45, 2.75) is 26.1 Å². The van der Waals surface area contributed by atoms with E-state index in [1.165, 1.54) is 5.56 Å². The van der Waals surface area contributed by atoms with E-state index in [2.05, 4.69) is 29.3 Å². The number of fused-ring (bicyclic) bond motifs is 1. The second-order valence-electron chi connectivity index (χ2n) is 9.89. The Morgan fingerprint density at radius 3 is 2.17 bits per heavy atom. The summed E-state index contributed by atoms with van der Waals surface area (Å²) in [5, 5.41) is 8.33. The number of carbonyl (C=O) groups excluding carboxylic acids is 1. The van der Waals surface area contributed by atoms with Crippen molar-refractivity contribution in [1.82, 2.24) is 15.1 Å². The Morgan fingerprint density at radius 2 is 1.50 bits per heavy atom. The van der Waals surface area contributed by atoms with Crippen molar-refractivity contribution in [1.29, 1.82) is 0 Å². The van der Waals surface area contributed by atoms with Crippen LogP contribution in [0, 0.1) is 6.92 Å². The number of ether oxygens (including phenoxy) is 2. The SMILES string of the molecule is COc1ccc(CN2C(=O)c3[nH]nc(-c4ccc(C)cc4)c3C2c2ccc(OCc3ccc(Cl)cc3)cc2)cc1. The highest BCUT2D eigenvalue weighted by atomic mass is 35.5. The standard InChI is InChI=1S/C33H28ClN3O3/c1-21-3-9-24(10-4-21)30-29-31(36-35-30)33(38)37(19-22-7-15-27(39-2)16-8-22)32(29)25-11-17-28(18-12-25)40-20-23-5-13-26(34)14-6-23/h3-18,32H,19-20H2,1-2H3,(H,35,36). The van der Waals surface area contributed by atoms with Crippen LogP contribution in [0.3, 0.4) is 0 Å². The number of carbonyl (C=O) groups is 1. The first-order valence-electron chi connectivity index (χ1n) is 13.1. The van der Waals surface area contributed by atoms with Crippen molar-refractivity contribution in [3.05, 3.63) is 136 Å². The smallest absolute Gasteiger partial charge is 0.273 e. The second kappa shape index (κ2) is 10.9. The molecule has 0 saturated carbocycles. The van der Waals surface area contributed by atoms with E-state index in [-0.39, 0.29) is 11.9 Å². The van der Waals surface area contributed by atoms with Gasteiger partial charge < -0.3 is 14.4 Å². The first-order chi connectivity index (χ1) is 19.5. The Hall–Kier alpha value is -4.55. The van der Waals surface area contributed by atoms with Crippen molar-refractivity contribution < 1.29 is 14.3 Å². The number of aromatic nitrogens is 2. The minimum atomic E-state index is -0.315. The minimum absolute atomic E-state index is 0.0789. The molecule has 1 atom stereocenters. The number of H-pyrrole nitrogens is 1. The van der Waals surface area contributed by atoms with E-state index in [4.69, 9.17) is 21.1 Å². The lowest BCUT2D eigenvalue weighted by molar-refractivity contribution is 0.0730. The van der Waals surface area contributed by atoms with Crippen molar-refractivity contribution in [2.75, 3.05) is 7.11 Å². The zero-order valence-electron chi connectivity index (χ0n) is 22.2. The molecule has 4 aromatic carbocycles. The number of nitrogens with zero attached hydrogens (tertiary/aromatic N) is 2. The van der Waals surface area contributed by atoms with Gasteiger partial charge in [-0.15, -0.1) is 0 Å². The van der Waals surface area contributed by atoms with Gasteiger partial charge in [-0.05, 0) is 60.0 Å². The Kier molecular flexibility index (Phi) is 7.01. The number of hydrogen-bond donors (Lipinski definition) is 1. The Labute approximate surface area is 238 Å². The maximum Gasteiger partial charge on any atom is 0.273 e. The van der Waals surface area contributed by atoms with Crippen LogP contribution in [0.5, 0.6) is 11.5 Å². The molecule has 6 rings (SSSR count). The van der Waals surface area contributed by atoms with Gasteiger partial charge in [0.05, 0.1) is 18.8 Å². The maximum absolute atomic E-state index is 13.8. The van der Waals surface area contributed by atoms with Crippen LogP contribution in [0.15, 0.2) is 97.1 Å². The van der Waals surface area contributed by atoms with Gasteiger partial charge in [-0.25, -0.2) is 0 Å². The Morgan fingerprint density at radius 1 is 0.850 bits per heavy atom. The lowest BCUT2D eigenvalue weighted by atomic mass is 9.95. The number of benzene rings is 4. The van der Waals surface area contributed by atoms with E-state index in [0.717, 1.165) is 45.0 Å². The van der Waals surface area contributed by atoms with Crippen LogP contribution in [-0.4, -0.2) is 28.1 Å². The van der Waals surface area contributed by atoms with Crippen molar-refractivity contribution in [3.8, 4) is 22.8 Å². The molecule has 0 bridgehead atoms. The molecule has 0 aliphatic carbocycles. The predicted molar refractivity (Wildman–Crippen MR) is 156 cm³/mol. The summed E-state index contributed by atoms with van der Waals surface area (Å²) in [6.07, 6.45) is 0. The Bertz CT molecular complexity index is 1630. The van der Waals surface area contributed by atoms with E-state index in [1.807, 2.05) is 89.8 Å². The monoisotopic (exact) mass is 549 g/mol. The summed E-state index contributed by atoms with van der Waals surface area (Å²) in [4.78, 5) is 15.6. The van der Waals surface area contributed by atoms with Crippen LogP contribution >= 0.6 is 11.6 Å². The van der Waals surface area contributed by atoms with E-state index in [1.54, 1.807) is 7.11 Å². The summed E-state index contributed by atoms with van der Waals surface area (Å²) >= 11 is 6.00. The highest BCUT2D eigenvalue weighted by Gasteiger charge is 2.42. The molecule has 2 heterocycles. The van der Waals surface area contributed by atoms with Gasteiger partial charge in [0.25, 0.3) is 5.91 Å². The molecule has 1 unspecified atom stereocenters. The summed E-state index contributed by atoms with van der Waals surface area (Å²) in [6.45, 7) is 2.93. The van der Waals surface area contributed by atoms with Gasteiger partial charge in [-0.3, -0.25) is 9.89 Å². The fourth-order valence-corrected chi connectivity index (χ4v) is 5.19. The third kappa shape index (κ3) is 5.06. The topological polar surface area (TPSA) is 67.5 Å². The summed E-state index contributed by atoms with van der Waals surface area (Å²) < 4.78 is 11.3. The number of amides is 1. The molecular formula is C33H28ClN3O3. The number of aryl methyl sites for hydroxylation is 1. The molecule has 7 heteroatoms. The molecule has 1 amide bonds. The molecular weight excluding hydrogens is 522 g/mol. The Balaban J connectivity index is 1.33. The zero-order chi connectivity index (χ0) is 27.6. The molecule has 5 aromatic rings. The molecule has 0 radical (unpaired) electrons. The fourth-order valence-electron chi connectivity index (χ4n) is 5.06. The van der Waals surface area contributed by atoms with E-state index < -0.39 is 0 Å². The van der Waals surface area contributed by atoms with Crippen LogP contribution in [0.2, 0.25) is 5.02 Å². The van der Waals surface area contributed by atoms with Gasteiger partial charge in [-0.1, -0.05) is 77.8 Å². The third-order valence-electron chi connectivity index (χ3n) is 7.22. The van der Waals surface area contributed by atoms with Crippen LogP contribution in [0.25, 0.3) is 11.3 Å². The highest BCUT2D eigenvalue weighted by Crippen LogP contribution is 2.44. The first-order valence-corrected chi connectivity index (χ1v) is 13.4. The number of halogens is 1. The minimum Gasteiger partial charge on any atom is -0.497 e. The number of rotatable bonds is 8. The van der Waals surface area contributed by atoms with Gasteiger partial charge in [0.1, 0.15) is 23.8 Å². The highest BCUT2D eigenvalue weighted by molar-refractivity contribution is 6.30. The average Bonchev–Trinajstić information content (AvgIpc) is 3.53. The molecule has 40 heavy (non-hydrogen) atoms. The summed E-state index contributed by atoms with van der Waals surface area (Å²) in [5.41, 5.74) is 7.36. The molecule has 0 spiro atoms. The van der Waals surface area contributed by atoms with Gasteiger partial charge in [0, 0.05) is 22.7 Å². The molecule has 1 N–H and O–H groups in total. The largest absolute Gasteiger partial charge is 0.497 e. The number of nitrogens with one attached hydrogen (secondary N) is 1. The molecule has 6 nitrogen and oxygen atoms in total. The lowest BCUT2D eigenvalue weighted by Crippen LogP contribution is -2.29. The van der Waals surface area contributed by atoms with Crippen molar-refractivity contribution in [3.63, 3.8) is 0 Å². The van der Waals surface area contributed by atoms with Crippen LogP contribution in [0.1, 0.15) is 44.3 Å². The molecule has 0 saturated heterocycles. The van der Waals surface area contributed by atoms with E-state index in [0.29, 0.717) is 23.9 Å². The van der Waals surface area contributed by atoms with Gasteiger partial charge in [0.2, 0.25) is 0 Å². The van der Waals surface area contributed by atoms with Gasteiger partial charge >= 0.3 is 0 Å². The molecule has 1 aromatic heterocycles. The molecule has 1 aliphatic rings. The number of hydrogen-bond acceptors (Lipinski definition) is 4. The summed E-state index contributed by atoms with van der Waals surface area (Å²) in [5.74, 6) is 1.44. The normalized spacial score (nSPS) is 14.3. The number of methoxy groups -OCH3 is 1. The molecule has 200 valence electrons. The van der Waals surface area contributed by atoms with E-state index >= 15 is 0 Å². The molecule has 1 aliphatic heterocycles. The van der Waals surface area contributed by atoms with Crippen molar-refractivity contribution in [2.24, 2.45) is 0 Å². The predicted octanol–water partition coefficient (Wildman–Crippen LogP) is 7.37. The maximum atomic E-state index is 13.8. The van der Waals surface area contributed by atoms with Gasteiger partial charge in [-0.2, -0.15) is 5.10 Å².